The predicted octanol–water partition coefficient (Wildman–Crippen LogP) is 6.65. The van der Waals surface area contributed by atoms with Crippen molar-refractivity contribution in [1.29, 1.82) is 0 Å². The molecular weight excluding hydrogens is 398 g/mol. The van der Waals surface area contributed by atoms with Crippen LogP contribution < -0.4 is 4.84 Å². The van der Waals surface area contributed by atoms with E-state index in [1.807, 2.05) is 30.5 Å². The van der Waals surface area contributed by atoms with Crippen molar-refractivity contribution in [3.05, 3.63) is 87.9 Å². The summed E-state index contributed by atoms with van der Waals surface area (Å²) in [4.78, 5) is 10.6. The second kappa shape index (κ2) is 7.46. The zero-order valence-corrected chi connectivity index (χ0v) is 16.8. The highest BCUT2D eigenvalue weighted by Crippen LogP contribution is 2.33. The minimum absolute atomic E-state index is 0.0322. The second-order valence-corrected chi connectivity index (χ2v) is 7.37. The number of halogens is 3. The molecule has 0 radical (unpaired) electrons. The van der Waals surface area contributed by atoms with Gasteiger partial charge < -0.3 is 4.84 Å². The maximum Gasteiger partial charge on any atom is 0.150 e. The summed E-state index contributed by atoms with van der Waals surface area (Å²) in [6, 6.07) is 14.7. The zero-order chi connectivity index (χ0) is 19.8. The third kappa shape index (κ3) is 3.34. The van der Waals surface area contributed by atoms with Gasteiger partial charge >= 0.3 is 0 Å². The van der Waals surface area contributed by atoms with E-state index in [1.165, 1.54) is 12.1 Å². The van der Waals surface area contributed by atoms with E-state index in [0.29, 0.717) is 10.6 Å². The number of fused-ring (bicyclic) bond motifs is 1. The minimum Gasteiger partial charge on any atom is -0.406 e. The van der Waals surface area contributed by atoms with Gasteiger partial charge in [-0.2, -0.15) is 4.73 Å². The lowest BCUT2D eigenvalue weighted by molar-refractivity contribution is 0.0562. The molecule has 4 rings (SSSR count). The molecule has 2 aromatic heterocycles. The number of pyridine rings is 1. The molecule has 0 saturated heterocycles. The molecule has 0 saturated carbocycles. The molecule has 0 amide bonds. The topological polar surface area (TPSA) is 27.1 Å². The molecule has 6 heteroatoms. The fourth-order valence-electron chi connectivity index (χ4n) is 3.26. The van der Waals surface area contributed by atoms with E-state index in [1.54, 1.807) is 17.9 Å². The van der Waals surface area contributed by atoms with E-state index in [4.69, 9.17) is 28.0 Å². The maximum absolute atomic E-state index is 13.9. The van der Waals surface area contributed by atoms with E-state index in [2.05, 4.69) is 24.0 Å². The van der Waals surface area contributed by atoms with Crippen LogP contribution >= 0.6 is 23.2 Å². The van der Waals surface area contributed by atoms with Crippen molar-refractivity contribution in [2.24, 2.45) is 0 Å². The van der Waals surface area contributed by atoms with Crippen molar-refractivity contribution in [2.75, 3.05) is 0 Å². The lowest BCUT2D eigenvalue weighted by atomic mass is 10.0. The van der Waals surface area contributed by atoms with Crippen molar-refractivity contribution < 1.29 is 9.23 Å². The molecule has 0 fully saturated rings. The molecule has 28 heavy (non-hydrogen) atoms. The SMILES string of the molecule is Cc1ccccc1-c1cnc2ccn(OC(C)c3c(Cl)ccc(F)c3Cl)c2c1. The first-order chi connectivity index (χ1) is 13.5. The predicted molar refractivity (Wildman–Crippen MR) is 111 cm³/mol. The highest BCUT2D eigenvalue weighted by molar-refractivity contribution is 6.36. The van der Waals surface area contributed by atoms with Gasteiger partial charge in [0.15, 0.2) is 6.10 Å². The van der Waals surface area contributed by atoms with Gasteiger partial charge in [0.05, 0.1) is 10.5 Å². The van der Waals surface area contributed by atoms with E-state index in [0.717, 1.165) is 27.7 Å². The first-order valence-electron chi connectivity index (χ1n) is 8.79. The van der Waals surface area contributed by atoms with Gasteiger partial charge in [0, 0.05) is 28.5 Å². The molecule has 1 atom stereocenters. The summed E-state index contributed by atoms with van der Waals surface area (Å²) in [5, 5.41) is 0.323. The van der Waals surface area contributed by atoms with E-state index in [-0.39, 0.29) is 5.02 Å². The molecule has 142 valence electrons. The van der Waals surface area contributed by atoms with Crippen LogP contribution in [0.15, 0.2) is 60.9 Å². The first-order valence-corrected chi connectivity index (χ1v) is 9.55. The summed E-state index contributed by atoms with van der Waals surface area (Å²) in [7, 11) is 0. The third-order valence-corrected chi connectivity index (χ3v) is 5.43. The molecular formula is C22H17Cl2FN2O. The molecule has 2 aromatic carbocycles. The Kier molecular flexibility index (Phi) is 5.00. The van der Waals surface area contributed by atoms with Crippen LogP contribution in [-0.4, -0.2) is 9.71 Å². The van der Waals surface area contributed by atoms with Gasteiger partial charge in [0.1, 0.15) is 11.3 Å². The number of rotatable bonds is 4. The molecule has 2 heterocycles. The quantitative estimate of drug-likeness (QED) is 0.349. The second-order valence-electron chi connectivity index (χ2n) is 6.59. The number of benzene rings is 2. The van der Waals surface area contributed by atoms with Crippen molar-refractivity contribution in [2.45, 2.75) is 20.0 Å². The first kappa shape index (κ1) is 18.8. The largest absolute Gasteiger partial charge is 0.406 e. The van der Waals surface area contributed by atoms with Crippen LogP contribution in [0.4, 0.5) is 4.39 Å². The molecule has 4 aromatic rings. The van der Waals surface area contributed by atoms with Gasteiger partial charge in [-0.1, -0.05) is 47.5 Å². The number of hydrogen-bond donors (Lipinski definition) is 0. The highest BCUT2D eigenvalue weighted by Gasteiger charge is 2.20. The van der Waals surface area contributed by atoms with E-state index in [9.17, 15) is 4.39 Å². The van der Waals surface area contributed by atoms with Gasteiger partial charge in [-0.15, -0.1) is 0 Å². The molecule has 0 aliphatic rings. The zero-order valence-electron chi connectivity index (χ0n) is 15.3. The Morgan fingerprint density at radius 3 is 2.68 bits per heavy atom. The highest BCUT2D eigenvalue weighted by atomic mass is 35.5. The lowest BCUT2D eigenvalue weighted by Crippen LogP contribution is -2.16. The summed E-state index contributed by atoms with van der Waals surface area (Å²) in [6.07, 6.45) is 3.06. The van der Waals surface area contributed by atoms with E-state index < -0.39 is 11.9 Å². The van der Waals surface area contributed by atoms with Crippen molar-refractivity contribution in [3.8, 4) is 11.1 Å². The summed E-state index contributed by atoms with van der Waals surface area (Å²) in [5.74, 6) is -0.530. The van der Waals surface area contributed by atoms with Crippen molar-refractivity contribution >= 4 is 34.2 Å². The average molecular weight is 415 g/mol. The molecule has 3 nitrogen and oxygen atoms in total. The minimum atomic E-state index is -0.562. The number of aryl methyl sites for hydroxylation is 1. The van der Waals surface area contributed by atoms with Crippen LogP contribution in [-0.2, 0) is 0 Å². The number of nitrogens with zero attached hydrogens (tertiary/aromatic N) is 2. The fraction of sp³-hybridized carbons (Fsp3) is 0.136. The molecule has 1 unspecified atom stereocenters. The van der Waals surface area contributed by atoms with Gasteiger partial charge in [0.25, 0.3) is 0 Å². The fourth-order valence-corrected chi connectivity index (χ4v) is 3.94. The van der Waals surface area contributed by atoms with Crippen LogP contribution in [0.1, 0.15) is 24.2 Å². The standard InChI is InChI=1S/C22H17Cl2FN2O/c1-13-5-3-4-6-16(13)15-11-20-19(26-12-15)9-10-27(20)28-14(2)21-17(23)7-8-18(25)22(21)24/h3-12,14H,1-2H3. The summed E-state index contributed by atoms with van der Waals surface area (Å²) >= 11 is 12.3. The summed E-state index contributed by atoms with van der Waals surface area (Å²) in [5.41, 5.74) is 5.26. The maximum atomic E-state index is 13.9. The molecule has 0 spiro atoms. The molecule has 0 bridgehead atoms. The number of aromatic nitrogens is 2. The Morgan fingerprint density at radius 2 is 1.89 bits per heavy atom. The number of hydrogen-bond acceptors (Lipinski definition) is 2. The Balaban J connectivity index is 1.73. The van der Waals surface area contributed by atoms with Gasteiger partial charge in [-0.25, -0.2) is 4.39 Å². The smallest absolute Gasteiger partial charge is 0.150 e. The Labute approximate surface area is 172 Å². The molecule has 0 aliphatic carbocycles. The van der Waals surface area contributed by atoms with Crippen LogP contribution in [0.25, 0.3) is 22.2 Å². The average Bonchev–Trinajstić information content (AvgIpc) is 3.07. The van der Waals surface area contributed by atoms with Crippen LogP contribution in [0.2, 0.25) is 10.0 Å². The Morgan fingerprint density at radius 1 is 1.11 bits per heavy atom. The normalized spacial score (nSPS) is 12.3. The third-order valence-electron chi connectivity index (χ3n) is 4.72. The van der Waals surface area contributed by atoms with Gasteiger partial charge in [-0.05, 0) is 49.2 Å². The lowest BCUT2D eigenvalue weighted by Gasteiger charge is -2.19. The monoisotopic (exact) mass is 414 g/mol. The van der Waals surface area contributed by atoms with Crippen LogP contribution in [0, 0.1) is 12.7 Å². The molecule has 0 aliphatic heterocycles. The van der Waals surface area contributed by atoms with Gasteiger partial charge in [0.2, 0.25) is 0 Å². The summed E-state index contributed by atoms with van der Waals surface area (Å²) < 4.78 is 15.5. The van der Waals surface area contributed by atoms with Crippen molar-refractivity contribution in [1.82, 2.24) is 9.71 Å². The van der Waals surface area contributed by atoms with Crippen LogP contribution in [0.5, 0.6) is 0 Å². The molecule has 0 N–H and O–H groups in total. The van der Waals surface area contributed by atoms with Crippen molar-refractivity contribution in [3.63, 3.8) is 0 Å². The Hall–Kier alpha value is -2.56. The summed E-state index contributed by atoms with van der Waals surface area (Å²) in [6.45, 7) is 3.84. The van der Waals surface area contributed by atoms with Gasteiger partial charge in [-0.3, -0.25) is 4.98 Å². The van der Waals surface area contributed by atoms with E-state index >= 15 is 0 Å². The Bertz CT molecular complexity index is 1170. The van der Waals surface area contributed by atoms with Crippen LogP contribution in [0.3, 0.4) is 0 Å².